The average molecular weight is 392 g/mol. The fraction of sp³-hybridized carbons (Fsp3) is 0.0952. The fourth-order valence-electron chi connectivity index (χ4n) is 3.13. The minimum Gasteiger partial charge on any atom is -0.468 e. The monoisotopic (exact) mass is 392 g/mol. The van der Waals surface area contributed by atoms with Crippen LogP contribution in [0, 0.1) is 0 Å². The number of methoxy groups -OCH3 is 1. The molecule has 140 valence electrons. The van der Waals surface area contributed by atoms with Crippen LogP contribution >= 0.6 is 11.8 Å². The molecule has 7 heteroatoms. The fourth-order valence-corrected chi connectivity index (χ4v) is 3.97. The predicted molar refractivity (Wildman–Crippen MR) is 109 cm³/mol. The lowest BCUT2D eigenvalue weighted by Crippen LogP contribution is -2.27. The summed E-state index contributed by atoms with van der Waals surface area (Å²) in [6.07, 6.45) is 3.49. The Morgan fingerprint density at radius 2 is 1.79 bits per heavy atom. The van der Waals surface area contributed by atoms with Crippen LogP contribution in [-0.4, -0.2) is 28.8 Å². The predicted octanol–water partition coefficient (Wildman–Crippen LogP) is 4.06. The molecule has 0 radical (unpaired) electrons. The summed E-state index contributed by atoms with van der Waals surface area (Å²) in [5.74, 6) is -0.720. The molecular formula is C21H16N2O4S. The van der Waals surface area contributed by atoms with Gasteiger partial charge < -0.3 is 9.30 Å². The highest BCUT2D eigenvalue weighted by Crippen LogP contribution is 2.36. The summed E-state index contributed by atoms with van der Waals surface area (Å²) in [6.45, 7) is 0.0658. The van der Waals surface area contributed by atoms with Crippen LogP contribution in [0.4, 0.5) is 10.5 Å². The number of rotatable bonds is 4. The van der Waals surface area contributed by atoms with Crippen molar-refractivity contribution in [3.8, 4) is 0 Å². The second kappa shape index (κ2) is 7.36. The third-order valence-electron chi connectivity index (χ3n) is 4.44. The third kappa shape index (κ3) is 3.20. The number of para-hydroxylation sites is 2. The first kappa shape index (κ1) is 18.1. The molecule has 4 rings (SSSR count). The van der Waals surface area contributed by atoms with E-state index in [0.29, 0.717) is 10.6 Å². The first-order valence-electron chi connectivity index (χ1n) is 8.56. The van der Waals surface area contributed by atoms with Gasteiger partial charge in [-0.05, 0) is 36.0 Å². The van der Waals surface area contributed by atoms with E-state index >= 15 is 0 Å². The maximum atomic E-state index is 12.8. The number of anilines is 1. The molecule has 2 amide bonds. The molecule has 1 fully saturated rings. The summed E-state index contributed by atoms with van der Waals surface area (Å²) >= 11 is 0.905. The molecular weight excluding hydrogens is 376 g/mol. The first-order valence-corrected chi connectivity index (χ1v) is 9.38. The van der Waals surface area contributed by atoms with E-state index < -0.39 is 0 Å². The SMILES string of the molecule is COC(=O)Cn1cc(C=C2SC(=O)N(c3ccccc3)C2=O)c2ccccc21. The molecule has 6 nitrogen and oxygen atoms in total. The third-order valence-corrected chi connectivity index (χ3v) is 5.31. The quantitative estimate of drug-likeness (QED) is 0.495. The van der Waals surface area contributed by atoms with E-state index in [1.54, 1.807) is 41.1 Å². The van der Waals surface area contributed by atoms with Gasteiger partial charge in [0.1, 0.15) is 6.54 Å². The molecule has 1 aliphatic rings. The topological polar surface area (TPSA) is 68.6 Å². The van der Waals surface area contributed by atoms with E-state index in [1.807, 2.05) is 30.3 Å². The van der Waals surface area contributed by atoms with Crippen molar-refractivity contribution in [2.75, 3.05) is 12.0 Å². The zero-order chi connectivity index (χ0) is 19.7. The number of amides is 2. The van der Waals surface area contributed by atoms with Crippen molar-refractivity contribution >= 4 is 51.5 Å². The van der Waals surface area contributed by atoms with Crippen LogP contribution in [0.1, 0.15) is 5.56 Å². The van der Waals surface area contributed by atoms with Gasteiger partial charge in [-0.1, -0.05) is 36.4 Å². The van der Waals surface area contributed by atoms with Crippen molar-refractivity contribution in [2.45, 2.75) is 6.54 Å². The minimum absolute atomic E-state index is 0.0658. The summed E-state index contributed by atoms with van der Waals surface area (Å²) < 4.78 is 6.53. The highest BCUT2D eigenvalue weighted by molar-refractivity contribution is 8.19. The van der Waals surface area contributed by atoms with Crippen LogP contribution in [0.25, 0.3) is 17.0 Å². The number of benzene rings is 2. The summed E-state index contributed by atoms with van der Waals surface area (Å²) in [6, 6.07) is 16.4. The molecule has 1 aromatic heterocycles. The van der Waals surface area contributed by atoms with Crippen molar-refractivity contribution in [3.05, 3.63) is 71.3 Å². The Morgan fingerprint density at radius 1 is 1.07 bits per heavy atom. The molecule has 0 aliphatic carbocycles. The minimum atomic E-state index is -0.364. The molecule has 0 atom stereocenters. The zero-order valence-electron chi connectivity index (χ0n) is 15.0. The molecule has 0 saturated carbocycles. The van der Waals surface area contributed by atoms with Crippen LogP contribution in [0.15, 0.2) is 65.7 Å². The second-order valence-corrected chi connectivity index (χ2v) is 7.15. The number of hydrogen-bond donors (Lipinski definition) is 0. The van der Waals surface area contributed by atoms with Crippen LogP contribution < -0.4 is 4.90 Å². The molecule has 0 spiro atoms. The van der Waals surface area contributed by atoms with E-state index in [1.165, 1.54) is 12.0 Å². The molecule has 0 unspecified atom stereocenters. The second-order valence-electron chi connectivity index (χ2n) is 6.16. The Labute approximate surface area is 165 Å². The number of fused-ring (bicyclic) bond motifs is 1. The number of ether oxygens (including phenoxy) is 1. The van der Waals surface area contributed by atoms with E-state index in [4.69, 9.17) is 4.74 Å². The van der Waals surface area contributed by atoms with E-state index in [0.717, 1.165) is 28.2 Å². The molecule has 2 heterocycles. The summed E-state index contributed by atoms with van der Waals surface area (Å²) in [5.41, 5.74) is 2.15. The van der Waals surface area contributed by atoms with Crippen molar-refractivity contribution in [1.82, 2.24) is 4.57 Å². The van der Waals surface area contributed by atoms with Crippen LogP contribution in [0.3, 0.4) is 0 Å². The van der Waals surface area contributed by atoms with E-state index in [9.17, 15) is 14.4 Å². The number of hydrogen-bond acceptors (Lipinski definition) is 5. The van der Waals surface area contributed by atoms with Crippen molar-refractivity contribution in [3.63, 3.8) is 0 Å². The normalized spacial score (nSPS) is 15.6. The largest absolute Gasteiger partial charge is 0.468 e. The summed E-state index contributed by atoms with van der Waals surface area (Å²) in [5, 5.41) is 0.554. The number of carbonyl (C=O) groups excluding carboxylic acids is 3. The Balaban J connectivity index is 1.73. The zero-order valence-corrected chi connectivity index (χ0v) is 15.8. The van der Waals surface area contributed by atoms with Gasteiger partial charge in [-0.2, -0.15) is 0 Å². The smallest absolute Gasteiger partial charge is 0.325 e. The molecule has 3 aromatic rings. The van der Waals surface area contributed by atoms with Crippen LogP contribution in [-0.2, 0) is 20.9 Å². The Morgan fingerprint density at radius 3 is 2.54 bits per heavy atom. The highest BCUT2D eigenvalue weighted by atomic mass is 32.2. The van der Waals surface area contributed by atoms with Gasteiger partial charge in [0.05, 0.1) is 17.7 Å². The molecule has 0 bridgehead atoms. The van der Waals surface area contributed by atoms with Gasteiger partial charge in [0.2, 0.25) is 0 Å². The Kier molecular flexibility index (Phi) is 4.75. The molecule has 2 aromatic carbocycles. The number of imide groups is 1. The number of carbonyl (C=O) groups is 3. The molecule has 1 aliphatic heterocycles. The number of nitrogens with zero attached hydrogens (tertiary/aromatic N) is 2. The standard InChI is InChI=1S/C21H16N2O4S/c1-27-19(24)13-22-12-14(16-9-5-6-10-17(16)22)11-18-20(25)23(21(26)28-18)15-7-3-2-4-8-15/h2-12H,13H2,1H3. The van der Waals surface area contributed by atoms with Crippen molar-refractivity contribution in [1.29, 1.82) is 0 Å². The van der Waals surface area contributed by atoms with Crippen LogP contribution in [0.5, 0.6) is 0 Å². The van der Waals surface area contributed by atoms with Crippen LogP contribution in [0.2, 0.25) is 0 Å². The highest BCUT2D eigenvalue weighted by Gasteiger charge is 2.36. The maximum absolute atomic E-state index is 12.8. The van der Waals surface area contributed by atoms with Gasteiger partial charge in [0.25, 0.3) is 11.1 Å². The van der Waals surface area contributed by atoms with Gasteiger partial charge >= 0.3 is 5.97 Å². The van der Waals surface area contributed by atoms with Gasteiger partial charge in [0, 0.05) is 22.7 Å². The molecule has 0 N–H and O–H groups in total. The van der Waals surface area contributed by atoms with Crippen molar-refractivity contribution < 1.29 is 19.1 Å². The molecule has 1 saturated heterocycles. The van der Waals surface area contributed by atoms with Crippen molar-refractivity contribution in [2.24, 2.45) is 0 Å². The molecule has 28 heavy (non-hydrogen) atoms. The Bertz CT molecular complexity index is 1120. The summed E-state index contributed by atoms with van der Waals surface area (Å²) in [4.78, 5) is 38.4. The lowest BCUT2D eigenvalue weighted by atomic mass is 10.1. The lowest BCUT2D eigenvalue weighted by Gasteiger charge is -2.11. The van der Waals surface area contributed by atoms with Gasteiger partial charge in [-0.25, -0.2) is 4.90 Å². The number of esters is 1. The average Bonchev–Trinajstić information content (AvgIpc) is 3.19. The lowest BCUT2D eigenvalue weighted by molar-refractivity contribution is -0.141. The van der Waals surface area contributed by atoms with E-state index in [-0.39, 0.29) is 23.7 Å². The first-order chi connectivity index (χ1) is 13.6. The summed E-state index contributed by atoms with van der Waals surface area (Å²) in [7, 11) is 1.34. The van der Waals surface area contributed by atoms with Gasteiger partial charge in [-0.15, -0.1) is 0 Å². The van der Waals surface area contributed by atoms with Gasteiger partial charge in [0.15, 0.2) is 0 Å². The van der Waals surface area contributed by atoms with Gasteiger partial charge in [-0.3, -0.25) is 14.4 Å². The van der Waals surface area contributed by atoms with E-state index in [2.05, 4.69) is 0 Å². The number of thioether (sulfide) groups is 1. The Hall–Kier alpha value is -3.32. The number of aromatic nitrogens is 1. The maximum Gasteiger partial charge on any atom is 0.325 e.